The Hall–Kier alpha value is -3.80. The lowest BCUT2D eigenvalue weighted by atomic mass is 10.1. The molecular formula is C22H18O6. The molecule has 0 amide bonds. The minimum absolute atomic E-state index is 0.0331. The molecular weight excluding hydrogens is 360 g/mol. The van der Waals surface area contributed by atoms with Gasteiger partial charge in [-0.2, -0.15) is 0 Å². The Morgan fingerprint density at radius 3 is 2.46 bits per heavy atom. The predicted molar refractivity (Wildman–Crippen MR) is 103 cm³/mol. The van der Waals surface area contributed by atoms with Gasteiger partial charge < -0.3 is 18.6 Å². The molecule has 0 bridgehead atoms. The summed E-state index contributed by atoms with van der Waals surface area (Å²) < 4.78 is 20.8. The van der Waals surface area contributed by atoms with Crippen molar-refractivity contribution in [2.24, 2.45) is 0 Å². The summed E-state index contributed by atoms with van der Waals surface area (Å²) in [6.45, 7) is 0. The first kappa shape index (κ1) is 19.0. The maximum absolute atomic E-state index is 12.7. The highest BCUT2D eigenvalue weighted by Gasteiger charge is 2.18. The van der Waals surface area contributed by atoms with E-state index in [9.17, 15) is 9.59 Å². The Kier molecular flexibility index (Phi) is 5.91. The van der Waals surface area contributed by atoms with Crippen molar-refractivity contribution in [1.29, 1.82) is 0 Å². The lowest BCUT2D eigenvalue weighted by Gasteiger charge is -2.09. The number of rotatable bonds is 7. The number of allylic oxidation sites excluding steroid dienone is 1. The van der Waals surface area contributed by atoms with Crippen LogP contribution in [0.5, 0.6) is 17.2 Å². The second-order valence-electron chi connectivity index (χ2n) is 5.67. The van der Waals surface area contributed by atoms with E-state index in [-0.39, 0.29) is 22.9 Å². The zero-order valence-electron chi connectivity index (χ0n) is 15.4. The van der Waals surface area contributed by atoms with Gasteiger partial charge in [-0.1, -0.05) is 18.2 Å². The van der Waals surface area contributed by atoms with Crippen molar-refractivity contribution in [3.05, 3.63) is 83.8 Å². The number of para-hydroxylation sites is 1. The smallest absolute Gasteiger partial charge is 0.379 e. The van der Waals surface area contributed by atoms with Gasteiger partial charge in [-0.15, -0.1) is 0 Å². The molecule has 3 rings (SSSR count). The molecule has 0 fully saturated rings. The summed E-state index contributed by atoms with van der Waals surface area (Å²) in [5, 5.41) is 0. The van der Waals surface area contributed by atoms with E-state index < -0.39 is 5.97 Å². The zero-order chi connectivity index (χ0) is 19.9. The summed E-state index contributed by atoms with van der Waals surface area (Å²) in [5.74, 6) is 0.163. The number of carbonyl (C=O) groups is 2. The molecule has 0 aliphatic carbocycles. The van der Waals surface area contributed by atoms with Gasteiger partial charge in [0.1, 0.15) is 17.2 Å². The van der Waals surface area contributed by atoms with E-state index >= 15 is 0 Å². The third-order valence-corrected chi connectivity index (χ3v) is 3.93. The molecule has 0 atom stereocenters. The average Bonchev–Trinajstić information content (AvgIpc) is 3.27. The molecule has 28 heavy (non-hydrogen) atoms. The highest BCUT2D eigenvalue weighted by Crippen LogP contribution is 2.27. The first-order valence-corrected chi connectivity index (χ1v) is 8.41. The summed E-state index contributed by atoms with van der Waals surface area (Å²) in [4.78, 5) is 24.9. The van der Waals surface area contributed by atoms with Crippen molar-refractivity contribution in [3.63, 3.8) is 0 Å². The van der Waals surface area contributed by atoms with Crippen molar-refractivity contribution in [3.8, 4) is 17.2 Å². The minimum atomic E-state index is -0.707. The molecule has 6 nitrogen and oxygen atoms in total. The van der Waals surface area contributed by atoms with Gasteiger partial charge in [-0.05, 0) is 42.5 Å². The monoisotopic (exact) mass is 378 g/mol. The van der Waals surface area contributed by atoms with Gasteiger partial charge in [0.25, 0.3) is 0 Å². The first-order valence-electron chi connectivity index (χ1n) is 8.41. The van der Waals surface area contributed by atoms with Crippen LogP contribution in [0.15, 0.2) is 71.4 Å². The first-order chi connectivity index (χ1) is 13.6. The summed E-state index contributed by atoms with van der Waals surface area (Å²) >= 11 is 0. The molecule has 0 saturated heterocycles. The molecule has 0 N–H and O–H groups in total. The molecule has 0 aliphatic rings. The fourth-order valence-corrected chi connectivity index (χ4v) is 2.52. The van der Waals surface area contributed by atoms with E-state index in [2.05, 4.69) is 0 Å². The molecule has 2 aromatic carbocycles. The minimum Gasteiger partial charge on any atom is -0.497 e. The van der Waals surface area contributed by atoms with Gasteiger partial charge >= 0.3 is 5.97 Å². The topological polar surface area (TPSA) is 75.0 Å². The van der Waals surface area contributed by atoms with Crippen LogP contribution in [0.1, 0.15) is 26.5 Å². The van der Waals surface area contributed by atoms with Crippen molar-refractivity contribution < 1.29 is 28.2 Å². The third kappa shape index (κ3) is 4.29. The van der Waals surface area contributed by atoms with Gasteiger partial charge in [-0.25, -0.2) is 4.79 Å². The predicted octanol–water partition coefficient (Wildman–Crippen LogP) is 4.41. The third-order valence-electron chi connectivity index (χ3n) is 3.93. The number of esters is 1. The molecule has 1 aromatic heterocycles. The van der Waals surface area contributed by atoms with Crippen LogP contribution in [0.4, 0.5) is 0 Å². The molecule has 142 valence electrons. The van der Waals surface area contributed by atoms with Crippen molar-refractivity contribution in [2.45, 2.75) is 0 Å². The molecule has 0 spiro atoms. The Bertz CT molecular complexity index is 1000. The van der Waals surface area contributed by atoms with Gasteiger partial charge in [0.05, 0.1) is 26.0 Å². The van der Waals surface area contributed by atoms with Crippen molar-refractivity contribution >= 4 is 17.8 Å². The average molecular weight is 378 g/mol. The number of ether oxygens (including phenoxy) is 3. The maximum atomic E-state index is 12.7. The van der Waals surface area contributed by atoms with Crippen LogP contribution in [0.3, 0.4) is 0 Å². The summed E-state index contributed by atoms with van der Waals surface area (Å²) in [5.41, 5.74) is 0.966. The maximum Gasteiger partial charge on any atom is 0.379 e. The Morgan fingerprint density at radius 1 is 0.929 bits per heavy atom. The summed E-state index contributed by atoms with van der Waals surface area (Å²) in [6, 6.07) is 15.0. The largest absolute Gasteiger partial charge is 0.497 e. The Morgan fingerprint density at radius 2 is 1.75 bits per heavy atom. The second kappa shape index (κ2) is 8.73. The quantitative estimate of drug-likeness (QED) is 0.262. The highest BCUT2D eigenvalue weighted by molar-refractivity contribution is 6.09. The van der Waals surface area contributed by atoms with E-state index in [0.29, 0.717) is 11.5 Å². The molecule has 0 radical (unpaired) electrons. The lowest BCUT2D eigenvalue weighted by Crippen LogP contribution is -2.10. The molecule has 1 heterocycles. The number of furan rings is 1. The molecule has 6 heteroatoms. The normalized spacial score (nSPS) is 10.6. The van der Waals surface area contributed by atoms with Crippen LogP contribution < -0.4 is 14.2 Å². The van der Waals surface area contributed by atoms with E-state index in [1.165, 1.54) is 31.6 Å². The van der Waals surface area contributed by atoms with Crippen molar-refractivity contribution in [1.82, 2.24) is 0 Å². The van der Waals surface area contributed by atoms with Crippen LogP contribution in [-0.2, 0) is 0 Å². The standard InChI is InChI=1S/C22H18O6/c1-25-16-10-11-17(21(14-16)28-22(24)20-8-5-13-27-20)18(23)12-9-15-6-3-4-7-19(15)26-2/h3-14H,1-2H3/b12-9+. The lowest BCUT2D eigenvalue weighted by molar-refractivity contribution is 0.0699. The van der Waals surface area contributed by atoms with E-state index in [1.807, 2.05) is 18.2 Å². The number of benzene rings is 2. The number of ketones is 1. The molecule has 0 saturated carbocycles. The number of methoxy groups -OCH3 is 2. The molecule has 0 unspecified atom stereocenters. The van der Waals surface area contributed by atoms with E-state index in [1.54, 1.807) is 37.5 Å². The zero-order valence-corrected chi connectivity index (χ0v) is 15.4. The summed E-state index contributed by atoms with van der Waals surface area (Å²) in [7, 11) is 3.04. The fraction of sp³-hybridized carbons (Fsp3) is 0.0909. The van der Waals surface area contributed by atoms with Gasteiger partial charge in [0, 0.05) is 11.6 Å². The van der Waals surface area contributed by atoms with E-state index in [4.69, 9.17) is 18.6 Å². The van der Waals surface area contributed by atoms with E-state index in [0.717, 1.165) is 5.56 Å². The number of carbonyl (C=O) groups excluding carboxylic acids is 2. The van der Waals surface area contributed by atoms with Crippen LogP contribution in [0, 0.1) is 0 Å². The van der Waals surface area contributed by atoms with Crippen LogP contribution >= 0.6 is 0 Å². The Labute approximate surface area is 162 Å². The number of hydrogen-bond donors (Lipinski definition) is 0. The second-order valence-corrected chi connectivity index (χ2v) is 5.67. The fourth-order valence-electron chi connectivity index (χ4n) is 2.52. The van der Waals surface area contributed by atoms with Gasteiger partial charge in [0.15, 0.2) is 5.78 Å². The molecule has 3 aromatic rings. The number of hydrogen-bond acceptors (Lipinski definition) is 6. The van der Waals surface area contributed by atoms with Crippen LogP contribution in [0.25, 0.3) is 6.08 Å². The SMILES string of the molecule is COc1ccc(C(=O)/C=C/c2ccccc2OC)c(OC(=O)c2ccco2)c1. The van der Waals surface area contributed by atoms with Gasteiger partial charge in [-0.3, -0.25) is 4.79 Å². The van der Waals surface area contributed by atoms with Crippen molar-refractivity contribution in [2.75, 3.05) is 14.2 Å². The summed E-state index contributed by atoms with van der Waals surface area (Å²) in [6.07, 6.45) is 4.40. The molecule has 0 aliphatic heterocycles. The highest BCUT2D eigenvalue weighted by atomic mass is 16.5. The Balaban J connectivity index is 1.88. The van der Waals surface area contributed by atoms with Crippen LogP contribution in [0.2, 0.25) is 0 Å². The van der Waals surface area contributed by atoms with Gasteiger partial charge in [0.2, 0.25) is 5.76 Å². The van der Waals surface area contributed by atoms with Crippen LogP contribution in [-0.4, -0.2) is 26.0 Å².